The molecule has 0 bridgehead atoms. The molecule has 0 atom stereocenters. The molecule has 0 spiro atoms. The molecule has 6 nitrogen and oxygen atoms in total. The van der Waals surface area contributed by atoms with Gasteiger partial charge >= 0.3 is 6.01 Å². The van der Waals surface area contributed by atoms with Crippen LogP contribution >= 0.6 is 15.9 Å². The molecule has 0 saturated heterocycles. The van der Waals surface area contributed by atoms with Gasteiger partial charge in [0.25, 0.3) is 0 Å². The van der Waals surface area contributed by atoms with E-state index in [1.807, 2.05) is 43.3 Å². The van der Waals surface area contributed by atoms with E-state index in [-0.39, 0.29) is 6.01 Å². The molecule has 24 heavy (non-hydrogen) atoms. The number of hydrogen-bond acceptors (Lipinski definition) is 6. The van der Waals surface area contributed by atoms with Crippen LogP contribution < -0.4 is 15.2 Å². The lowest BCUT2D eigenvalue weighted by molar-refractivity contribution is 0.267. The maximum absolute atomic E-state index is 5.94. The topological polar surface area (TPSA) is 83.4 Å². The van der Waals surface area contributed by atoms with Crippen LogP contribution in [0.5, 0.6) is 11.5 Å². The fourth-order valence-corrected chi connectivity index (χ4v) is 2.73. The number of halogens is 1. The number of nitrogens with two attached hydrogens (primary N) is 1. The number of nitrogens with zero attached hydrogens (tertiary/aromatic N) is 2. The van der Waals surface area contributed by atoms with E-state index in [0.29, 0.717) is 36.2 Å². The summed E-state index contributed by atoms with van der Waals surface area (Å²) in [4.78, 5) is 0. The van der Waals surface area contributed by atoms with Crippen molar-refractivity contribution in [2.24, 2.45) is 0 Å². The zero-order chi connectivity index (χ0) is 16.9. The minimum Gasteiger partial charge on any atom is -0.490 e. The van der Waals surface area contributed by atoms with Crippen molar-refractivity contribution in [1.82, 2.24) is 10.2 Å². The SMILES string of the molecule is CCOc1cc(-c2nnc(N)o2)cc(Br)c1OCc1ccccc1. The van der Waals surface area contributed by atoms with Crippen LogP contribution in [0.2, 0.25) is 0 Å². The van der Waals surface area contributed by atoms with Gasteiger partial charge in [0.1, 0.15) is 6.61 Å². The molecule has 0 aliphatic carbocycles. The Hall–Kier alpha value is -2.54. The Labute approximate surface area is 147 Å². The van der Waals surface area contributed by atoms with Crippen molar-refractivity contribution in [3.8, 4) is 23.0 Å². The quantitative estimate of drug-likeness (QED) is 0.684. The second-order valence-corrected chi connectivity index (χ2v) is 5.79. The standard InChI is InChI=1S/C17H16BrN3O3/c1-2-22-14-9-12(16-20-21-17(19)24-16)8-13(18)15(14)23-10-11-6-4-3-5-7-11/h3-9H,2,10H2,1H3,(H2,19,21). The van der Waals surface area contributed by atoms with Crippen LogP contribution in [0.15, 0.2) is 51.4 Å². The Morgan fingerprint density at radius 3 is 2.58 bits per heavy atom. The van der Waals surface area contributed by atoms with Crippen molar-refractivity contribution in [3.63, 3.8) is 0 Å². The Kier molecular flexibility index (Phi) is 5.00. The minimum absolute atomic E-state index is 0.0171. The van der Waals surface area contributed by atoms with Crippen LogP contribution in [0.4, 0.5) is 6.01 Å². The zero-order valence-corrected chi connectivity index (χ0v) is 14.6. The van der Waals surface area contributed by atoms with Gasteiger partial charge in [0.05, 0.1) is 11.1 Å². The van der Waals surface area contributed by atoms with Gasteiger partial charge in [0.2, 0.25) is 5.89 Å². The molecule has 0 radical (unpaired) electrons. The van der Waals surface area contributed by atoms with E-state index in [4.69, 9.17) is 19.6 Å². The Morgan fingerprint density at radius 1 is 1.12 bits per heavy atom. The summed E-state index contributed by atoms with van der Waals surface area (Å²) >= 11 is 3.52. The summed E-state index contributed by atoms with van der Waals surface area (Å²) in [7, 11) is 0. The van der Waals surface area contributed by atoms with Crippen LogP contribution in [0.1, 0.15) is 12.5 Å². The normalized spacial score (nSPS) is 10.6. The Bertz CT molecular complexity index is 821. The molecule has 0 fully saturated rings. The molecule has 2 N–H and O–H groups in total. The van der Waals surface area contributed by atoms with Crippen molar-refractivity contribution >= 4 is 21.9 Å². The highest BCUT2D eigenvalue weighted by atomic mass is 79.9. The van der Waals surface area contributed by atoms with Crippen molar-refractivity contribution in [2.75, 3.05) is 12.3 Å². The molecule has 1 heterocycles. The smallest absolute Gasteiger partial charge is 0.313 e. The van der Waals surface area contributed by atoms with Crippen LogP contribution in [0.3, 0.4) is 0 Å². The summed E-state index contributed by atoms with van der Waals surface area (Å²) in [5.41, 5.74) is 7.25. The third-order valence-electron chi connectivity index (χ3n) is 3.22. The molecule has 3 rings (SSSR count). The molecule has 0 amide bonds. The van der Waals surface area contributed by atoms with Gasteiger partial charge in [0.15, 0.2) is 11.5 Å². The van der Waals surface area contributed by atoms with E-state index in [2.05, 4.69) is 26.1 Å². The predicted molar refractivity (Wildman–Crippen MR) is 93.8 cm³/mol. The van der Waals surface area contributed by atoms with Crippen molar-refractivity contribution in [1.29, 1.82) is 0 Å². The molecule has 3 aromatic rings. The maximum atomic E-state index is 5.94. The predicted octanol–water partition coefficient (Wildman–Crippen LogP) is 4.06. The summed E-state index contributed by atoms with van der Waals surface area (Å²) in [6.07, 6.45) is 0. The molecular formula is C17H16BrN3O3. The van der Waals surface area contributed by atoms with E-state index in [1.54, 1.807) is 6.07 Å². The number of hydrogen-bond donors (Lipinski definition) is 1. The molecule has 7 heteroatoms. The van der Waals surface area contributed by atoms with E-state index < -0.39 is 0 Å². The Morgan fingerprint density at radius 2 is 1.92 bits per heavy atom. The minimum atomic E-state index is 0.0171. The third kappa shape index (κ3) is 3.68. The average Bonchev–Trinajstić information content (AvgIpc) is 3.02. The first-order valence-corrected chi connectivity index (χ1v) is 8.19. The lowest BCUT2D eigenvalue weighted by Gasteiger charge is -2.14. The number of benzene rings is 2. The van der Waals surface area contributed by atoms with E-state index in [9.17, 15) is 0 Å². The number of nitrogen functional groups attached to an aromatic ring is 1. The largest absolute Gasteiger partial charge is 0.490 e. The first kappa shape index (κ1) is 16.3. The second-order valence-electron chi connectivity index (χ2n) is 4.94. The van der Waals surface area contributed by atoms with Gasteiger partial charge < -0.3 is 19.6 Å². The molecule has 0 unspecified atom stereocenters. The monoisotopic (exact) mass is 389 g/mol. The van der Waals surface area contributed by atoms with Gasteiger partial charge in [0, 0.05) is 5.56 Å². The first-order chi connectivity index (χ1) is 11.7. The lowest BCUT2D eigenvalue weighted by atomic mass is 10.2. The zero-order valence-electron chi connectivity index (χ0n) is 13.0. The molecule has 1 aromatic heterocycles. The fourth-order valence-electron chi connectivity index (χ4n) is 2.18. The Balaban J connectivity index is 1.90. The molecule has 0 aliphatic rings. The molecule has 2 aromatic carbocycles. The summed E-state index contributed by atoms with van der Waals surface area (Å²) < 4.78 is 17.6. The van der Waals surface area contributed by atoms with Crippen molar-refractivity contribution in [3.05, 3.63) is 52.5 Å². The summed E-state index contributed by atoms with van der Waals surface area (Å²) in [6, 6.07) is 13.6. The molecule has 0 saturated carbocycles. The van der Waals surface area contributed by atoms with Gasteiger partial charge in [-0.05, 0) is 40.5 Å². The van der Waals surface area contributed by atoms with E-state index in [1.165, 1.54) is 0 Å². The summed E-state index contributed by atoms with van der Waals surface area (Å²) in [5, 5.41) is 7.56. The van der Waals surface area contributed by atoms with E-state index in [0.717, 1.165) is 10.0 Å². The van der Waals surface area contributed by atoms with E-state index >= 15 is 0 Å². The number of anilines is 1. The molecule has 0 aliphatic heterocycles. The van der Waals surface area contributed by atoms with Gasteiger partial charge in [-0.3, -0.25) is 0 Å². The highest BCUT2D eigenvalue weighted by Crippen LogP contribution is 2.40. The van der Waals surface area contributed by atoms with Gasteiger partial charge in [-0.1, -0.05) is 35.4 Å². The lowest BCUT2D eigenvalue weighted by Crippen LogP contribution is -2.01. The number of rotatable bonds is 6. The van der Waals surface area contributed by atoms with Crippen LogP contribution in [-0.2, 0) is 6.61 Å². The summed E-state index contributed by atoms with van der Waals surface area (Å²) in [6.45, 7) is 2.85. The molecule has 124 valence electrons. The first-order valence-electron chi connectivity index (χ1n) is 7.39. The average molecular weight is 390 g/mol. The second kappa shape index (κ2) is 7.35. The highest BCUT2D eigenvalue weighted by molar-refractivity contribution is 9.10. The fraction of sp³-hybridized carbons (Fsp3) is 0.176. The van der Waals surface area contributed by atoms with Crippen molar-refractivity contribution < 1.29 is 13.9 Å². The summed E-state index contributed by atoms with van der Waals surface area (Å²) in [5.74, 6) is 1.54. The van der Waals surface area contributed by atoms with Gasteiger partial charge in [-0.25, -0.2) is 0 Å². The van der Waals surface area contributed by atoms with Crippen LogP contribution in [0, 0.1) is 0 Å². The number of ether oxygens (including phenoxy) is 2. The van der Waals surface area contributed by atoms with Crippen molar-refractivity contribution in [2.45, 2.75) is 13.5 Å². The van der Waals surface area contributed by atoms with Gasteiger partial charge in [-0.15, -0.1) is 5.10 Å². The highest BCUT2D eigenvalue weighted by Gasteiger charge is 2.16. The molecular weight excluding hydrogens is 374 g/mol. The van der Waals surface area contributed by atoms with Crippen LogP contribution in [-0.4, -0.2) is 16.8 Å². The van der Waals surface area contributed by atoms with Gasteiger partial charge in [-0.2, -0.15) is 0 Å². The van der Waals surface area contributed by atoms with Crippen LogP contribution in [0.25, 0.3) is 11.5 Å². The third-order valence-corrected chi connectivity index (χ3v) is 3.81. The number of aromatic nitrogens is 2. The maximum Gasteiger partial charge on any atom is 0.313 e.